The van der Waals surface area contributed by atoms with Gasteiger partial charge < -0.3 is 16.2 Å². The molecule has 2 aromatic carbocycles. The molecule has 0 spiro atoms. The monoisotopic (exact) mass is 403 g/mol. The van der Waals surface area contributed by atoms with Crippen molar-refractivity contribution in [2.24, 2.45) is 0 Å². The van der Waals surface area contributed by atoms with Gasteiger partial charge in [-0.2, -0.15) is 0 Å². The number of hydrogen-bond acceptors (Lipinski definition) is 5. The molecule has 146 valence electrons. The Kier molecular flexibility index (Phi) is 4.29. The lowest BCUT2D eigenvalue weighted by molar-refractivity contribution is -0.115. The summed E-state index contributed by atoms with van der Waals surface area (Å²) in [7, 11) is 0. The quantitative estimate of drug-likeness (QED) is 0.495. The lowest BCUT2D eigenvalue weighted by Gasteiger charge is -2.10. The minimum atomic E-state index is -2.72. The first kappa shape index (κ1) is 12.0. The van der Waals surface area contributed by atoms with E-state index in [-0.39, 0.29) is 27.6 Å². The number of rotatable bonds is 9. The van der Waals surface area contributed by atoms with Gasteiger partial charge in [-0.15, -0.1) is 11.3 Å². The number of aliphatic hydroxyl groups is 1. The zero-order valence-electron chi connectivity index (χ0n) is 22.8. The lowest BCUT2D eigenvalue weighted by atomic mass is 10.0. The van der Waals surface area contributed by atoms with Crippen molar-refractivity contribution < 1.29 is 20.9 Å². The second-order valence-corrected chi connectivity index (χ2v) is 6.61. The van der Waals surface area contributed by atoms with Gasteiger partial charge in [-0.1, -0.05) is 48.9 Å². The van der Waals surface area contributed by atoms with Crippen LogP contribution in [0.15, 0.2) is 60.0 Å². The van der Waals surface area contributed by atoms with Gasteiger partial charge in [-0.05, 0) is 42.4 Å². The fraction of sp³-hybridized carbons (Fsp3) is 0.273. The van der Waals surface area contributed by atoms with E-state index in [0.29, 0.717) is 0 Å². The lowest BCUT2D eigenvalue weighted by Crippen LogP contribution is -2.14. The van der Waals surface area contributed by atoms with Crippen molar-refractivity contribution in [2.45, 2.75) is 38.0 Å². The maximum Gasteiger partial charge on any atom is 0.230 e. The van der Waals surface area contributed by atoms with Crippen LogP contribution in [-0.2, 0) is 17.5 Å². The van der Waals surface area contributed by atoms with Crippen LogP contribution in [0.1, 0.15) is 53.1 Å². The first-order valence-electron chi connectivity index (χ1n) is 12.4. The number of aliphatic hydroxyl groups excluding tert-OH is 1. The molecule has 6 heteroatoms. The van der Waals surface area contributed by atoms with E-state index in [4.69, 9.17) is 16.7 Å². The first-order valence-corrected chi connectivity index (χ1v) is 9.32. The summed E-state index contributed by atoms with van der Waals surface area (Å²) in [4.78, 5) is 16.3. The van der Waals surface area contributed by atoms with Crippen LogP contribution in [0.25, 0.3) is 0 Å². The number of thiazole rings is 1. The summed E-state index contributed by atoms with van der Waals surface area (Å²) in [5, 5.41) is 14.3. The number of carbonyl (C=O) groups excluding carboxylic acids is 1. The molecule has 1 amide bonds. The standard InChI is InChI=1S/C22H25N3O2S/c23-22-25-19(15-28-22)14-21(27)24-18-12-10-16(11-13-18)6-4-5-9-20(26)17-7-2-1-3-8-17/h1-3,7-8,10-13,15,20,26H,4-6,9,14H2,(H2,23,25)(H,24,27)/t20-/m0/s1/i4D2,6D2,9D2,14D2. The molecule has 0 radical (unpaired) electrons. The third-order valence-electron chi connectivity index (χ3n) is 3.64. The second-order valence-electron chi connectivity index (χ2n) is 5.72. The topological polar surface area (TPSA) is 88.2 Å². The second kappa shape index (κ2) is 10.0. The molecule has 3 rings (SSSR count). The molecule has 0 unspecified atom stereocenters. The molecule has 28 heavy (non-hydrogen) atoms. The van der Waals surface area contributed by atoms with E-state index in [1.165, 1.54) is 41.8 Å². The van der Waals surface area contributed by atoms with E-state index in [2.05, 4.69) is 10.3 Å². The summed E-state index contributed by atoms with van der Waals surface area (Å²) in [6, 6.07) is 13.0. The summed E-state index contributed by atoms with van der Waals surface area (Å²) < 4.78 is 65.9. The predicted molar refractivity (Wildman–Crippen MR) is 114 cm³/mol. The number of anilines is 2. The van der Waals surface area contributed by atoms with Gasteiger partial charge >= 0.3 is 0 Å². The van der Waals surface area contributed by atoms with Crippen molar-refractivity contribution in [3.63, 3.8) is 0 Å². The summed E-state index contributed by atoms with van der Waals surface area (Å²) in [6.07, 6.45) is -12.9. The average Bonchev–Trinajstić information content (AvgIpc) is 3.26. The molecule has 1 aromatic heterocycles. The SMILES string of the molecule is [2H]C([2H])(C(=O)Nc1ccc(C([2H])([2H])C([2H])([2H])CC([2H])([2H])[C@H](O)c2ccccc2)cc1)c1csc(N)n1. The summed E-state index contributed by atoms with van der Waals surface area (Å²) in [5.74, 6) is -1.01. The van der Waals surface area contributed by atoms with Crippen LogP contribution in [0.3, 0.4) is 0 Å². The molecule has 0 saturated heterocycles. The Morgan fingerprint density at radius 3 is 2.64 bits per heavy atom. The zero-order valence-corrected chi connectivity index (χ0v) is 15.7. The highest BCUT2D eigenvalue weighted by Crippen LogP contribution is 2.20. The zero-order chi connectivity index (χ0) is 26.9. The van der Waals surface area contributed by atoms with E-state index >= 15 is 0 Å². The highest BCUT2D eigenvalue weighted by atomic mass is 32.1. The van der Waals surface area contributed by atoms with Crippen LogP contribution in [0.5, 0.6) is 0 Å². The number of nitrogen functional groups attached to an aromatic ring is 1. The smallest absolute Gasteiger partial charge is 0.230 e. The normalized spacial score (nSPS) is 18.2. The highest BCUT2D eigenvalue weighted by Gasteiger charge is 2.08. The van der Waals surface area contributed by atoms with E-state index in [9.17, 15) is 9.90 Å². The van der Waals surface area contributed by atoms with E-state index < -0.39 is 43.9 Å². The summed E-state index contributed by atoms with van der Waals surface area (Å²) >= 11 is 0.993. The largest absolute Gasteiger partial charge is 0.388 e. The van der Waals surface area contributed by atoms with Gasteiger partial charge in [0, 0.05) is 22.0 Å². The van der Waals surface area contributed by atoms with Crippen molar-refractivity contribution in [2.75, 3.05) is 11.1 Å². The Labute approximate surface area is 180 Å². The number of nitrogens with two attached hydrogens (primary N) is 1. The maximum absolute atomic E-state index is 12.5. The number of benzene rings is 2. The van der Waals surface area contributed by atoms with E-state index in [1.54, 1.807) is 18.2 Å². The molecule has 0 aliphatic heterocycles. The van der Waals surface area contributed by atoms with Crippen molar-refractivity contribution in [1.82, 2.24) is 4.98 Å². The number of nitrogens with zero attached hydrogens (tertiary/aromatic N) is 1. The van der Waals surface area contributed by atoms with Gasteiger partial charge in [0.15, 0.2) is 5.13 Å². The maximum atomic E-state index is 12.5. The highest BCUT2D eigenvalue weighted by molar-refractivity contribution is 7.13. The summed E-state index contributed by atoms with van der Waals surface area (Å²) in [6.45, 7) is 0. The van der Waals surface area contributed by atoms with Crippen molar-refractivity contribution in [3.8, 4) is 0 Å². The van der Waals surface area contributed by atoms with Crippen molar-refractivity contribution in [3.05, 3.63) is 76.8 Å². The van der Waals surface area contributed by atoms with Crippen LogP contribution >= 0.6 is 11.3 Å². The minimum absolute atomic E-state index is 0.114. The summed E-state index contributed by atoms with van der Waals surface area (Å²) in [5.41, 5.74) is 5.64. The molecule has 1 atom stereocenters. The minimum Gasteiger partial charge on any atom is -0.388 e. The number of aromatic nitrogens is 1. The van der Waals surface area contributed by atoms with Crippen LogP contribution in [-0.4, -0.2) is 16.0 Å². The fourth-order valence-electron chi connectivity index (χ4n) is 2.31. The third-order valence-corrected chi connectivity index (χ3v) is 4.31. The Morgan fingerprint density at radius 2 is 1.96 bits per heavy atom. The molecule has 1 heterocycles. The molecule has 0 fully saturated rings. The Hall–Kier alpha value is -2.70. The molecule has 0 saturated carbocycles. The van der Waals surface area contributed by atoms with Gasteiger partial charge in [0.25, 0.3) is 0 Å². The Balaban J connectivity index is 1.75. The van der Waals surface area contributed by atoms with Gasteiger partial charge in [-0.25, -0.2) is 4.98 Å². The van der Waals surface area contributed by atoms with Crippen LogP contribution in [0.2, 0.25) is 0 Å². The first-order chi connectivity index (χ1) is 16.6. The van der Waals surface area contributed by atoms with Crippen LogP contribution in [0.4, 0.5) is 10.8 Å². The number of carbonyl (C=O) groups is 1. The van der Waals surface area contributed by atoms with Crippen molar-refractivity contribution >= 4 is 28.1 Å². The van der Waals surface area contributed by atoms with Gasteiger partial charge in [0.1, 0.15) is 0 Å². The number of hydrogen-bond donors (Lipinski definition) is 3. The van der Waals surface area contributed by atoms with Gasteiger partial charge in [0.05, 0.1) is 18.2 Å². The number of amides is 1. The molecule has 5 nitrogen and oxygen atoms in total. The molecule has 0 aliphatic rings. The van der Waals surface area contributed by atoms with E-state index in [0.717, 1.165) is 11.3 Å². The number of aryl methyl sites for hydroxylation is 1. The Bertz CT molecular complexity index is 1200. The molecule has 0 bridgehead atoms. The molecular formula is C22H25N3O2S. The van der Waals surface area contributed by atoms with Crippen LogP contribution in [0, 0.1) is 0 Å². The number of nitrogens with one attached hydrogen (secondary N) is 1. The van der Waals surface area contributed by atoms with Crippen LogP contribution < -0.4 is 11.1 Å². The van der Waals surface area contributed by atoms with Gasteiger partial charge in [-0.3, -0.25) is 4.79 Å². The fourth-order valence-corrected chi connectivity index (χ4v) is 2.80. The Morgan fingerprint density at radius 1 is 1.21 bits per heavy atom. The van der Waals surface area contributed by atoms with Gasteiger partial charge in [0.2, 0.25) is 5.91 Å². The predicted octanol–water partition coefficient (Wildman–Crippen LogP) is 4.35. The van der Waals surface area contributed by atoms with E-state index in [1.807, 2.05) is 0 Å². The molecule has 0 aliphatic carbocycles. The molecule has 3 aromatic rings. The average molecular weight is 404 g/mol. The molecule has 4 N–H and O–H groups in total. The third kappa shape index (κ3) is 6.18. The molecular weight excluding hydrogens is 370 g/mol. The van der Waals surface area contributed by atoms with Crippen molar-refractivity contribution in [1.29, 1.82) is 0 Å².